The van der Waals surface area contributed by atoms with E-state index in [2.05, 4.69) is 58.7 Å². The van der Waals surface area contributed by atoms with Crippen molar-refractivity contribution < 1.29 is 14.6 Å². The number of likely N-dealkylation sites (N-methyl/N-ethyl adjacent to an activating group) is 1. The predicted octanol–water partition coefficient (Wildman–Crippen LogP) is 4.73. The lowest BCUT2D eigenvalue weighted by Gasteiger charge is -2.29. The van der Waals surface area contributed by atoms with E-state index in [9.17, 15) is 5.11 Å². The highest BCUT2D eigenvalue weighted by atomic mass is 16.5. The lowest BCUT2D eigenvalue weighted by atomic mass is 9.83. The molecular formula is C23H39NO3. The van der Waals surface area contributed by atoms with Gasteiger partial charge in [0, 0.05) is 23.7 Å². The van der Waals surface area contributed by atoms with Gasteiger partial charge in [-0.2, -0.15) is 0 Å². The molecule has 0 radical (unpaired) electrons. The van der Waals surface area contributed by atoms with Gasteiger partial charge in [-0.15, -0.1) is 0 Å². The molecule has 1 aliphatic rings. The Bertz CT molecular complexity index is 600. The zero-order chi connectivity index (χ0) is 20.2. The van der Waals surface area contributed by atoms with Gasteiger partial charge in [0.1, 0.15) is 24.2 Å². The molecule has 154 valence electrons. The maximum absolute atomic E-state index is 10.6. The summed E-state index contributed by atoms with van der Waals surface area (Å²) in [7, 11) is 3.82. The number of nitrogens with zero attached hydrogens (tertiary/aromatic N) is 1. The molecule has 1 N–H and O–H groups in total. The van der Waals surface area contributed by atoms with Crippen LogP contribution in [0.4, 0.5) is 0 Å². The van der Waals surface area contributed by atoms with E-state index >= 15 is 0 Å². The van der Waals surface area contributed by atoms with E-state index < -0.39 is 6.10 Å². The lowest BCUT2D eigenvalue weighted by Crippen LogP contribution is -2.38. The summed E-state index contributed by atoms with van der Waals surface area (Å²) in [6.45, 7) is 11.8. The van der Waals surface area contributed by atoms with Crippen molar-refractivity contribution in [3.8, 4) is 11.5 Å². The van der Waals surface area contributed by atoms with Crippen LogP contribution in [0.2, 0.25) is 0 Å². The highest BCUT2D eigenvalue weighted by molar-refractivity contribution is 5.51. The van der Waals surface area contributed by atoms with Crippen molar-refractivity contribution in [1.82, 2.24) is 4.90 Å². The minimum Gasteiger partial charge on any atom is -0.497 e. The Morgan fingerprint density at radius 1 is 1.19 bits per heavy atom. The van der Waals surface area contributed by atoms with Gasteiger partial charge in [-0.1, -0.05) is 47.5 Å². The van der Waals surface area contributed by atoms with Crippen molar-refractivity contribution >= 4 is 0 Å². The van der Waals surface area contributed by atoms with E-state index in [1.54, 1.807) is 7.11 Å². The van der Waals surface area contributed by atoms with Crippen LogP contribution in [0.25, 0.3) is 0 Å². The van der Waals surface area contributed by atoms with Crippen molar-refractivity contribution in [2.24, 2.45) is 0 Å². The number of hydrogen-bond donors (Lipinski definition) is 1. The molecule has 2 rings (SSSR count). The van der Waals surface area contributed by atoms with Gasteiger partial charge in [0.25, 0.3) is 0 Å². The van der Waals surface area contributed by atoms with E-state index in [-0.39, 0.29) is 5.41 Å². The van der Waals surface area contributed by atoms with Gasteiger partial charge in [-0.3, -0.25) is 0 Å². The summed E-state index contributed by atoms with van der Waals surface area (Å²) < 4.78 is 11.8. The summed E-state index contributed by atoms with van der Waals surface area (Å²) in [5, 5.41) is 10.6. The zero-order valence-electron chi connectivity index (χ0n) is 18.3. The maximum Gasteiger partial charge on any atom is 0.126 e. The Kier molecular flexibility index (Phi) is 7.58. The Labute approximate surface area is 165 Å². The van der Waals surface area contributed by atoms with Crippen molar-refractivity contribution in [3.05, 3.63) is 23.3 Å². The molecular weight excluding hydrogens is 338 g/mol. The van der Waals surface area contributed by atoms with Crippen molar-refractivity contribution in [3.63, 3.8) is 0 Å². The van der Waals surface area contributed by atoms with E-state index in [1.807, 2.05) is 0 Å². The van der Waals surface area contributed by atoms with Gasteiger partial charge >= 0.3 is 0 Å². The average Bonchev–Trinajstić information content (AvgIpc) is 3.13. The molecule has 27 heavy (non-hydrogen) atoms. The van der Waals surface area contributed by atoms with Crippen LogP contribution in [0, 0.1) is 0 Å². The second-order valence-electron chi connectivity index (χ2n) is 9.34. The first-order valence-electron chi connectivity index (χ1n) is 10.4. The first kappa shape index (κ1) is 22.0. The summed E-state index contributed by atoms with van der Waals surface area (Å²) in [6.07, 6.45) is 4.61. The lowest BCUT2D eigenvalue weighted by molar-refractivity contribution is 0.0628. The van der Waals surface area contributed by atoms with Gasteiger partial charge in [0.2, 0.25) is 0 Å². The van der Waals surface area contributed by atoms with E-state index in [1.165, 1.54) is 25.7 Å². The molecule has 4 nitrogen and oxygen atoms in total. The van der Waals surface area contributed by atoms with Gasteiger partial charge in [-0.05, 0) is 43.4 Å². The number of methoxy groups -OCH3 is 1. The van der Waals surface area contributed by atoms with E-state index in [4.69, 9.17) is 9.47 Å². The first-order valence-corrected chi connectivity index (χ1v) is 10.4. The predicted molar refractivity (Wildman–Crippen MR) is 112 cm³/mol. The largest absolute Gasteiger partial charge is 0.497 e. The van der Waals surface area contributed by atoms with Crippen LogP contribution >= 0.6 is 0 Å². The normalized spacial score (nSPS) is 17.0. The van der Waals surface area contributed by atoms with Crippen LogP contribution < -0.4 is 9.47 Å². The van der Waals surface area contributed by atoms with Crippen molar-refractivity contribution in [2.45, 2.75) is 83.8 Å². The minimum atomic E-state index is -0.495. The fourth-order valence-electron chi connectivity index (χ4n) is 3.95. The molecule has 1 aliphatic carbocycles. The molecule has 0 spiro atoms. The monoisotopic (exact) mass is 377 g/mol. The average molecular weight is 378 g/mol. The van der Waals surface area contributed by atoms with Gasteiger partial charge in [0.15, 0.2) is 0 Å². The van der Waals surface area contributed by atoms with Crippen LogP contribution in [0.5, 0.6) is 11.5 Å². The molecule has 4 heteroatoms. The molecule has 1 atom stereocenters. The van der Waals surface area contributed by atoms with Crippen molar-refractivity contribution in [2.75, 3.05) is 27.3 Å². The Morgan fingerprint density at radius 2 is 1.81 bits per heavy atom. The molecule has 1 aromatic carbocycles. The molecule has 0 aromatic heterocycles. The number of ether oxygens (including phenoxy) is 2. The van der Waals surface area contributed by atoms with Gasteiger partial charge < -0.3 is 19.5 Å². The van der Waals surface area contributed by atoms with Crippen LogP contribution in [0.15, 0.2) is 12.1 Å². The van der Waals surface area contributed by atoms with Crippen LogP contribution in [-0.4, -0.2) is 49.5 Å². The SMILES string of the molecule is COc1cc(C(C)C)c(OCC(O)CN(C)C2CCCC2)c(C(C)(C)C)c1. The Hall–Kier alpha value is -1.26. The highest BCUT2D eigenvalue weighted by Crippen LogP contribution is 2.40. The Balaban J connectivity index is 2.15. The molecule has 0 amide bonds. The summed E-state index contributed by atoms with van der Waals surface area (Å²) in [6, 6.07) is 4.74. The molecule has 0 aliphatic heterocycles. The number of aliphatic hydroxyl groups is 1. The second-order valence-corrected chi connectivity index (χ2v) is 9.34. The highest BCUT2D eigenvalue weighted by Gasteiger charge is 2.26. The molecule has 1 saturated carbocycles. The van der Waals surface area contributed by atoms with Gasteiger partial charge in [0.05, 0.1) is 7.11 Å². The second kappa shape index (κ2) is 9.29. The molecule has 1 fully saturated rings. The fourth-order valence-corrected chi connectivity index (χ4v) is 3.95. The third-order valence-electron chi connectivity index (χ3n) is 5.62. The summed E-state index contributed by atoms with van der Waals surface area (Å²) in [4.78, 5) is 2.29. The van der Waals surface area contributed by atoms with Crippen LogP contribution in [0.3, 0.4) is 0 Å². The van der Waals surface area contributed by atoms with Gasteiger partial charge in [-0.25, -0.2) is 0 Å². The van der Waals surface area contributed by atoms with Crippen LogP contribution in [-0.2, 0) is 5.41 Å². The molecule has 0 heterocycles. The standard InChI is InChI=1S/C23H39NO3/c1-16(2)20-12-19(26-7)13-21(23(3,4)5)22(20)27-15-18(25)14-24(6)17-10-8-9-11-17/h12-13,16-18,25H,8-11,14-15H2,1-7H3. The molecule has 0 bridgehead atoms. The molecule has 1 unspecified atom stereocenters. The zero-order valence-corrected chi connectivity index (χ0v) is 18.3. The fraction of sp³-hybridized carbons (Fsp3) is 0.739. The smallest absolute Gasteiger partial charge is 0.126 e. The molecule has 1 aromatic rings. The number of aliphatic hydroxyl groups excluding tert-OH is 1. The van der Waals surface area contributed by atoms with Crippen LogP contribution in [0.1, 0.15) is 77.3 Å². The number of hydrogen-bond acceptors (Lipinski definition) is 4. The quantitative estimate of drug-likeness (QED) is 0.711. The number of rotatable bonds is 8. The first-order chi connectivity index (χ1) is 12.6. The minimum absolute atomic E-state index is 0.0703. The molecule has 0 saturated heterocycles. The maximum atomic E-state index is 10.6. The Morgan fingerprint density at radius 3 is 2.33 bits per heavy atom. The topological polar surface area (TPSA) is 41.9 Å². The van der Waals surface area contributed by atoms with Crippen molar-refractivity contribution in [1.29, 1.82) is 0 Å². The number of benzene rings is 1. The third-order valence-corrected chi connectivity index (χ3v) is 5.62. The third kappa shape index (κ3) is 5.86. The summed E-state index contributed by atoms with van der Waals surface area (Å²) in [5.41, 5.74) is 2.19. The summed E-state index contributed by atoms with van der Waals surface area (Å²) in [5.74, 6) is 2.08. The van der Waals surface area contributed by atoms with E-state index in [0.717, 1.165) is 22.6 Å². The van der Waals surface area contributed by atoms with E-state index in [0.29, 0.717) is 25.1 Å². The summed E-state index contributed by atoms with van der Waals surface area (Å²) >= 11 is 0.